The number of hydrogen-bond acceptors (Lipinski definition) is 3. The lowest BCUT2D eigenvalue weighted by Crippen LogP contribution is -2.14. The van der Waals surface area contributed by atoms with Gasteiger partial charge in [0.2, 0.25) is 0 Å². The van der Waals surface area contributed by atoms with E-state index < -0.39 is 0 Å². The van der Waals surface area contributed by atoms with E-state index in [-0.39, 0.29) is 5.41 Å². The zero-order valence-corrected chi connectivity index (χ0v) is 31.1. The van der Waals surface area contributed by atoms with Crippen molar-refractivity contribution >= 4 is 32.7 Å². The van der Waals surface area contributed by atoms with Gasteiger partial charge in [0.15, 0.2) is 5.82 Å². The van der Waals surface area contributed by atoms with Gasteiger partial charge >= 0.3 is 0 Å². The fourth-order valence-corrected chi connectivity index (χ4v) is 8.80. The molecule has 0 bridgehead atoms. The normalized spacial score (nSPS) is 13.0. The van der Waals surface area contributed by atoms with E-state index in [1.54, 1.807) is 0 Å². The van der Waals surface area contributed by atoms with Crippen molar-refractivity contribution in [1.82, 2.24) is 9.97 Å². The van der Waals surface area contributed by atoms with Gasteiger partial charge in [-0.2, -0.15) is 0 Å². The number of fused-ring (bicyclic) bond motifs is 7. The first-order chi connectivity index (χ1) is 27.5. The smallest absolute Gasteiger partial charge is 0.160 e. The second-order valence-electron chi connectivity index (χ2n) is 15.4. The molecule has 0 atom stereocenters. The van der Waals surface area contributed by atoms with Gasteiger partial charge in [-0.15, -0.1) is 0 Å². The van der Waals surface area contributed by atoms with Crippen LogP contribution in [0.4, 0.5) is 0 Å². The molecule has 2 aromatic heterocycles. The highest BCUT2D eigenvalue weighted by molar-refractivity contribution is 6.10. The monoisotopic (exact) mass is 716 g/mol. The first-order valence-electron chi connectivity index (χ1n) is 19.2. The van der Waals surface area contributed by atoms with Crippen LogP contribution in [0.1, 0.15) is 25.0 Å². The SMILES string of the molecule is CC1(C)c2ccccc2-c2c(-c3cc(-c4cc(-c5ccccc5)cc(-c5ccc6c(c5)oc5cc7ccccc7cc56)c4)nc(-c4ccccc4)n3)cccc21. The summed E-state index contributed by atoms with van der Waals surface area (Å²) in [5.41, 5.74) is 16.2. The summed E-state index contributed by atoms with van der Waals surface area (Å²) in [6.45, 7) is 4.65. The van der Waals surface area contributed by atoms with Gasteiger partial charge in [0, 0.05) is 32.9 Å². The second-order valence-corrected chi connectivity index (χ2v) is 15.4. The molecule has 8 aromatic carbocycles. The predicted molar refractivity (Wildman–Crippen MR) is 232 cm³/mol. The highest BCUT2D eigenvalue weighted by Gasteiger charge is 2.36. The van der Waals surface area contributed by atoms with Crippen LogP contribution in [0.25, 0.3) is 100.0 Å². The van der Waals surface area contributed by atoms with Crippen LogP contribution >= 0.6 is 0 Å². The molecule has 3 nitrogen and oxygen atoms in total. The minimum absolute atomic E-state index is 0.118. The van der Waals surface area contributed by atoms with Gasteiger partial charge in [0.1, 0.15) is 11.2 Å². The Morgan fingerprint density at radius 1 is 0.393 bits per heavy atom. The van der Waals surface area contributed by atoms with E-state index in [9.17, 15) is 0 Å². The highest BCUT2D eigenvalue weighted by atomic mass is 16.3. The molecule has 264 valence electrons. The van der Waals surface area contributed by atoms with Gasteiger partial charge in [-0.1, -0.05) is 147 Å². The summed E-state index contributed by atoms with van der Waals surface area (Å²) >= 11 is 0. The molecule has 1 aliphatic rings. The van der Waals surface area contributed by atoms with Crippen LogP contribution < -0.4 is 0 Å². The molecular weight excluding hydrogens is 681 g/mol. The fourth-order valence-electron chi connectivity index (χ4n) is 8.80. The number of rotatable bonds is 5. The molecule has 1 aliphatic carbocycles. The highest BCUT2D eigenvalue weighted by Crippen LogP contribution is 2.52. The fraction of sp³-hybridized carbons (Fsp3) is 0.0566. The van der Waals surface area contributed by atoms with Gasteiger partial charge in [-0.3, -0.25) is 0 Å². The number of furan rings is 1. The summed E-state index contributed by atoms with van der Waals surface area (Å²) in [5, 5.41) is 4.62. The van der Waals surface area contributed by atoms with E-state index in [4.69, 9.17) is 14.4 Å². The van der Waals surface area contributed by atoms with Crippen LogP contribution in [-0.2, 0) is 5.41 Å². The van der Waals surface area contributed by atoms with E-state index in [1.807, 2.05) is 6.07 Å². The minimum Gasteiger partial charge on any atom is -0.456 e. The maximum absolute atomic E-state index is 6.54. The number of benzene rings is 8. The third-order valence-corrected chi connectivity index (χ3v) is 11.7. The lowest BCUT2D eigenvalue weighted by molar-refractivity contribution is 0.660. The minimum atomic E-state index is -0.118. The molecule has 0 amide bonds. The van der Waals surface area contributed by atoms with Gasteiger partial charge in [-0.05, 0) is 104 Å². The molecule has 0 unspecified atom stereocenters. The third kappa shape index (κ3) is 5.20. The quantitative estimate of drug-likeness (QED) is 0.178. The molecule has 0 aliphatic heterocycles. The molecule has 11 rings (SSSR count). The van der Waals surface area contributed by atoms with E-state index in [0.29, 0.717) is 5.82 Å². The summed E-state index contributed by atoms with van der Waals surface area (Å²) in [7, 11) is 0. The lowest BCUT2D eigenvalue weighted by atomic mass is 9.82. The third-order valence-electron chi connectivity index (χ3n) is 11.7. The van der Waals surface area contributed by atoms with Crippen molar-refractivity contribution in [2.45, 2.75) is 19.3 Å². The Kier molecular flexibility index (Phi) is 7.20. The Labute approximate surface area is 325 Å². The van der Waals surface area contributed by atoms with E-state index in [1.165, 1.54) is 33.0 Å². The van der Waals surface area contributed by atoms with E-state index in [0.717, 1.165) is 72.3 Å². The van der Waals surface area contributed by atoms with Crippen molar-refractivity contribution in [3.05, 3.63) is 193 Å². The Bertz CT molecular complexity index is 3160. The molecule has 0 saturated heterocycles. The number of nitrogens with zero attached hydrogens (tertiary/aromatic N) is 2. The van der Waals surface area contributed by atoms with Gasteiger partial charge in [-0.25, -0.2) is 9.97 Å². The largest absolute Gasteiger partial charge is 0.456 e. The van der Waals surface area contributed by atoms with Gasteiger partial charge in [0.05, 0.1) is 11.4 Å². The molecule has 0 spiro atoms. The summed E-state index contributed by atoms with van der Waals surface area (Å²) in [6, 6.07) is 64.8. The molecule has 10 aromatic rings. The molecule has 0 radical (unpaired) electrons. The lowest BCUT2D eigenvalue weighted by Gasteiger charge is -2.21. The Hall–Kier alpha value is -7.10. The molecular formula is C53H36N2O. The average molecular weight is 717 g/mol. The topological polar surface area (TPSA) is 38.9 Å². The number of hydrogen-bond donors (Lipinski definition) is 0. The average Bonchev–Trinajstić information content (AvgIpc) is 3.73. The Morgan fingerprint density at radius 3 is 1.80 bits per heavy atom. The summed E-state index contributed by atoms with van der Waals surface area (Å²) in [6.07, 6.45) is 0. The Balaban J connectivity index is 1.12. The molecule has 2 heterocycles. The van der Waals surface area contributed by atoms with Crippen molar-refractivity contribution in [3.8, 4) is 67.3 Å². The summed E-state index contributed by atoms with van der Waals surface area (Å²) < 4.78 is 6.54. The van der Waals surface area contributed by atoms with Crippen LogP contribution in [0.5, 0.6) is 0 Å². The van der Waals surface area contributed by atoms with Crippen molar-refractivity contribution < 1.29 is 4.42 Å². The second kappa shape index (κ2) is 12.5. The Morgan fingerprint density at radius 2 is 1.00 bits per heavy atom. The first kappa shape index (κ1) is 32.3. The maximum atomic E-state index is 6.54. The van der Waals surface area contributed by atoms with Crippen LogP contribution in [0.3, 0.4) is 0 Å². The first-order valence-corrected chi connectivity index (χ1v) is 19.2. The van der Waals surface area contributed by atoms with E-state index in [2.05, 4.69) is 190 Å². The van der Waals surface area contributed by atoms with Crippen LogP contribution in [0.15, 0.2) is 186 Å². The molecule has 56 heavy (non-hydrogen) atoms. The molecule has 0 saturated carbocycles. The van der Waals surface area contributed by atoms with Gasteiger partial charge < -0.3 is 4.42 Å². The van der Waals surface area contributed by atoms with Crippen molar-refractivity contribution in [2.75, 3.05) is 0 Å². The standard InChI is InChI=1S/C53H36N2O/c1-53(2)45-22-12-11-20-42(45)51-43(21-13-23-46(51)53)48-32-47(54-52(55-48)34-16-7-4-8-17-34)40-27-38(33-14-5-3-6-15-33)26-39(28-40)37-24-25-41-44-29-35-18-9-10-19-36(35)30-50(44)56-49(41)31-37/h3-32H,1-2H3. The summed E-state index contributed by atoms with van der Waals surface area (Å²) in [4.78, 5) is 10.6. The number of aromatic nitrogens is 2. The van der Waals surface area contributed by atoms with Crippen LogP contribution in [0, 0.1) is 0 Å². The maximum Gasteiger partial charge on any atom is 0.160 e. The van der Waals surface area contributed by atoms with Crippen molar-refractivity contribution in [1.29, 1.82) is 0 Å². The zero-order valence-electron chi connectivity index (χ0n) is 31.1. The molecule has 0 N–H and O–H groups in total. The molecule has 3 heteroatoms. The van der Waals surface area contributed by atoms with Gasteiger partial charge in [0.25, 0.3) is 0 Å². The predicted octanol–water partition coefficient (Wildman–Crippen LogP) is 14.2. The van der Waals surface area contributed by atoms with Crippen LogP contribution in [0.2, 0.25) is 0 Å². The van der Waals surface area contributed by atoms with Crippen LogP contribution in [-0.4, -0.2) is 9.97 Å². The molecule has 0 fully saturated rings. The van der Waals surface area contributed by atoms with E-state index >= 15 is 0 Å². The summed E-state index contributed by atoms with van der Waals surface area (Å²) in [5.74, 6) is 0.698. The van der Waals surface area contributed by atoms with Crippen molar-refractivity contribution in [3.63, 3.8) is 0 Å². The zero-order chi connectivity index (χ0) is 37.4. The van der Waals surface area contributed by atoms with Crippen molar-refractivity contribution in [2.24, 2.45) is 0 Å².